The van der Waals surface area contributed by atoms with Crippen molar-refractivity contribution in [3.8, 4) is 12.1 Å². The Bertz CT molecular complexity index is 1370. The third kappa shape index (κ3) is 5.97. The lowest BCUT2D eigenvalue weighted by Crippen LogP contribution is -2.49. The number of allylic oxidation sites excluding steroid dienone is 3. The summed E-state index contributed by atoms with van der Waals surface area (Å²) in [7, 11) is 0. The molecule has 2 aliphatic heterocycles. The lowest BCUT2D eigenvalue weighted by atomic mass is 10.1. The molecule has 2 saturated heterocycles. The molecule has 0 aliphatic carbocycles. The Morgan fingerprint density at radius 1 is 0.974 bits per heavy atom. The summed E-state index contributed by atoms with van der Waals surface area (Å²) in [6, 6.07) is 9.73. The summed E-state index contributed by atoms with van der Waals surface area (Å²) in [4.78, 5) is 25.0. The first kappa shape index (κ1) is 27.5. The summed E-state index contributed by atoms with van der Waals surface area (Å²) in [6.07, 6.45) is 4.74. The van der Waals surface area contributed by atoms with E-state index in [0.29, 0.717) is 75.0 Å². The maximum Gasteiger partial charge on any atom is 0.256 e. The molecule has 2 aromatic rings. The van der Waals surface area contributed by atoms with Crippen LogP contribution in [0.3, 0.4) is 0 Å². The van der Waals surface area contributed by atoms with Crippen LogP contribution in [0.25, 0.3) is 0 Å². The number of carbonyl (C=O) groups is 1. The quantitative estimate of drug-likeness (QED) is 0.401. The molecule has 1 amide bonds. The second kappa shape index (κ2) is 12.3. The Morgan fingerprint density at radius 3 is 2.28 bits per heavy atom. The number of halogens is 2. The van der Waals surface area contributed by atoms with Gasteiger partial charge >= 0.3 is 0 Å². The van der Waals surface area contributed by atoms with Gasteiger partial charge in [0.1, 0.15) is 29.6 Å². The Kier molecular flexibility index (Phi) is 8.70. The van der Waals surface area contributed by atoms with Crippen LogP contribution >= 0.6 is 0 Å². The zero-order valence-electron chi connectivity index (χ0n) is 21.6. The number of amides is 1. The summed E-state index contributed by atoms with van der Waals surface area (Å²) in [5.41, 5.74) is 1.70. The number of carbonyl (C=O) groups excluding carboxylic acids is 1. The maximum atomic E-state index is 14.8. The summed E-state index contributed by atoms with van der Waals surface area (Å²) in [5, 5.41) is 18.7. The highest BCUT2D eigenvalue weighted by atomic mass is 19.1. The Morgan fingerprint density at radius 2 is 1.67 bits per heavy atom. The Balaban J connectivity index is 1.41. The van der Waals surface area contributed by atoms with Gasteiger partial charge in [0.05, 0.1) is 22.4 Å². The van der Waals surface area contributed by atoms with Crippen LogP contribution in [-0.4, -0.2) is 77.9 Å². The van der Waals surface area contributed by atoms with Gasteiger partial charge < -0.3 is 14.7 Å². The molecule has 0 saturated carbocycles. The van der Waals surface area contributed by atoms with Gasteiger partial charge in [0.25, 0.3) is 5.91 Å². The topological polar surface area (TPSA) is 90.5 Å². The van der Waals surface area contributed by atoms with E-state index in [1.165, 1.54) is 12.1 Å². The zero-order valence-corrected chi connectivity index (χ0v) is 21.6. The first-order chi connectivity index (χ1) is 18.9. The smallest absolute Gasteiger partial charge is 0.256 e. The number of aromatic nitrogens is 1. The van der Waals surface area contributed by atoms with E-state index in [1.54, 1.807) is 29.3 Å². The molecule has 0 N–H and O–H groups in total. The van der Waals surface area contributed by atoms with E-state index in [-0.39, 0.29) is 17.7 Å². The highest BCUT2D eigenvalue weighted by Crippen LogP contribution is 2.23. The van der Waals surface area contributed by atoms with E-state index in [2.05, 4.69) is 30.3 Å². The summed E-state index contributed by atoms with van der Waals surface area (Å²) >= 11 is 0. The lowest BCUT2D eigenvalue weighted by molar-refractivity contribution is 0.0741. The van der Waals surface area contributed by atoms with Crippen LogP contribution in [0, 0.1) is 34.3 Å². The SMILES string of the molecule is C=C/C(C#N)=C(\C=C)N1CCN(Cc2cc(C(=O)N3CCN(c4ncccc4C#N)CC3)c(F)cc2F)CC1. The van der Waals surface area contributed by atoms with Gasteiger partial charge in [0.2, 0.25) is 0 Å². The second-order valence-electron chi connectivity index (χ2n) is 9.27. The molecule has 10 heteroatoms. The Labute approximate surface area is 227 Å². The third-order valence-corrected chi connectivity index (χ3v) is 7.04. The number of rotatable bonds is 7. The summed E-state index contributed by atoms with van der Waals surface area (Å²) < 4.78 is 29.5. The van der Waals surface area contributed by atoms with E-state index in [1.807, 2.05) is 14.7 Å². The van der Waals surface area contributed by atoms with E-state index < -0.39 is 17.5 Å². The molecule has 3 heterocycles. The maximum absolute atomic E-state index is 14.8. The van der Waals surface area contributed by atoms with Crippen molar-refractivity contribution < 1.29 is 13.6 Å². The van der Waals surface area contributed by atoms with Crippen LogP contribution in [0.5, 0.6) is 0 Å². The van der Waals surface area contributed by atoms with Crippen LogP contribution in [0.1, 0.15) is 21.5 Å². The van der Waals surface area contributed by atoms with Gasteiger partial charge in [-0.2, -0.15) is 10.5 Å². The van der Waals surface area contributed by atoms with Gasteiger partial charge in [-0.05, 0) is 30.4 Å². The molecule has 0 unspecified atom stereocenters. The monoisotopic (exact) mass is 529 g/mol. The molecule has 2 aliphatic rings. The van der Waals surface area contributed by atoms with Crippen molar-refractivity contribution in [3.63, 3.8) is 0 Å². The van der Waals surface area contributed by atoms with Gasteiger partial charge in [-0.1, -0.05) is 13.2 Å². The average Bonchev–Trinajstić information content (AvgIpc) is 2.97. The molecule has 1 aromatic heterocycles. The number of benzene rings is 1. The van der Waals surface area contributed by atoms with Crippen molar-refractivity contribution in [3.05, 3.63) is 95.4 Å². The first-order valence-electron chi connectivity index (χ1n) is 12.6. The van der Waals surface area contributed by atoms with Gasteiger partial charge in [0, 0.05) is 76.7 Å². The standard InChI is InChI=1S/C29H29F2N7O/c1-3-21(18-32)27(4-2)36-10-8-35(9-11-36)20-23-16-24(26(31)17-25(23)30)29(39)38-14-12-37(13-15-38)28-22(19-33)6-5-7-34-28/h3-7,16-17H,1-2,8-15,20H2/b27-21-. The minimum absolute atomic E-state index is 0.157. The first-order valence-corrected chi connectivity index (χ1v) is 12.6. The largest absolute Gasteiger partial charge is 0.368 e. The van der Waals surface area contributed by atoms with E-state index >= 15 is 0 Å². The van der Waals surface area contributed by atoms with Gasteiger partial charge in [-0.25, -0.2) is 13.8 Å². The predicted octanol–water partition coefficient (Wildman–Crippen LogP) is 3.46. The third-order valence-electron chi connectivity index (χ3n) is 7.04. The summed E-state index contributed by atoms with van der Waals surface area (Å²) in [5.74, 6) is -1.51. The number of hydrogen-bond acceptors (Lipinski definition) is 7. The number of anilines is 1. The predicted molar refractivity (Wildman–Crippen MR) is 143 cm³/mol. The lowest BCUT2D eigenvalue weighted by Gasteiger charge is -2.37. The molecule has 0 bridgehead atoms. The van der Waals surface area contributed by atoms with Crippen LogP contribution in [0.4, 0.5) is 14.6 Å². The average molecular weight is 530 g/mol. The second-order valence-corrected chi connectivity index (χ2v) is 9.27. The van der Waals surface area contributed by atoms with Crippen LogP contribution in [-0.2, 0) is 6.54 Å². The fraction of sp³-hybridized carbons (Fsp3) is 0.310. The van der Waals surface area contributed by atoms with Crippen molar-refractivity contribution in [2.75, 3.05) is 57.3 Å². The molecule has 8 nitrogen and oxygen atoms in total. The highest BCUT2D eigenvalue weighted by molar-refractivity contribution is 5.95. The van der Waals surface area contributed by atoms with Crippen molar-refractivity contribution >= 4 is 11.7 Å². The van der Waals surface area contributed by atoms with Gasteiger partial charge in [-0.3, -0.25) is 9.69 Å². The zero-order chi connectivity index (χ0) is 27.9. The number of pyridine rings is 1. The number of hydrogen-bond donors (Lipinski definition) is 0. The van der Waals surface area contributed by atoms with Crippen molar-refractivity contribution in [2.24, 2.45) is 0 Å². The number of nitriles is 2. The van der Waals surface area contributed by atoms with Gasteiger partial charge in [-0.15, -0.1) is 0 Å². The molecule has 0 spiro atoms. The summed E-state index contributed by atoms with van der Waals surface area (Å²) in [6.45, 7) is 11.6. The van der Waals surface area contributed by atoms with E-state index in [4.69, 9.17) is 0 Å². The van der Waals surface area contributed by atoms with Crippen molar-refractivity contribution in [1.29, 1.82) is 10.5 Å². The minimum Gasteiger partial charge on any atom is -0.368 e. The fourth-order valence-electron chi connectivity index (χ4n) is 4.91. The normalized spacial score (nSPS) is 16.7. The minimum atomic E-state index is -0.890. The molecule has 2 fully saturated rings. The van der Waals surface area contributed by atoms with E-state index in [9.17, 15) is 24.1 Å². The van der Waals surface area contributed by atoms with Crippen LogP contribution in [0.2, 0.25) is 0 Å². The molecule has 4 rings (SSSR count). The molecular weight excluding hydrogens is 500 g/mol. The van der Waals surface area contributed by atoms with E-state index in [0.717, 1.165) is 6.07 Å². The van der Waals surface area contributed by atoms with Crippen LogP contribution in [0.15, 0.2) is 67.0 Å². The van der Waals surface area contributed by atoms with Crippen molar-refractivity contribution in [2.45, 2.75) is 6.54 Å². The molecule has 39 heavy (non-hydrogen) atoms. The number of piperazine rings is 2. The van der Waals surface area contributed by atoms with Gasteiger partial charge in [0.15, 0.2) is 0 Å². The fourth-order valence-corrected chi connectivity index (χ4v) is 4.91. The highest BCUT2D eigenvalue weighted by Gasteiger charge is 2.27. The molecule has 1 aromatic carbocycles. The number of nitrogens with zero attached hydrogens (tertiary/aromatic N) is 7. The molecule has 0 atom stereocenters. The molecule has 200 valence electrons. The molecule has 0 radical (unpaired) electrons. The van der Waals surface area contributed by atoms with Crippen LogP contribution < -0.4 is 4.90 Å². The van der Waals surface area contributed by atoms with Crippen molar-refractivity contribution in [1.82, 2.24) is 19.7 Å². The molecular formula is C29H29F2N7O. The Hall–Kier alpha value is -4.54.